The summed E-state index contributed by atoms with van der Waals surface area (Å²) in [6.07, 6.45) is 0. The third kappa shape index (κ3) is 2.98. The number of para-hydroxylation sites is 1. The highest BCUT2D eigenvalue weighted by Crippen LogP contribution is 2.48. The zero-order valence-electron chi connectivity index (χ0n) is 22.0. The molecule has 0 aromatic heterocycles. The Bertz CT molecular complexity index is 2100. The van der Waals surface area contributed by atoms with Crippen LogP contribution in [0.4, 0.5) is 11.4 Å². The lowest BCUT2D eigenvalue weighted by atomic mass is 9.36. The lowest BCUT2D eigenvalue weighted by Crippen LogP contribution is -2.61. The molecule has 4 heterocycles. The van der Waals surface area contributed by atoms with Gasteiger partial charge in [-0.05, 0) is 63.9 Å². The van der Waals surface area contributed by atoms with Crippen LogP contribution >= 0.6 is 23.5 Å². The van der Waals surface area contributed by atoms with Crippen molar-refractivity contribution in [3.05, 3.63) is 127 Å². The highest BCUT2D eigenvalue weighted by atomic mass is 32.2. The molecule has 188 valence electrons. The molecular formula is C36H21B2NS2. The molecule has 6 aromatic rings. The highest BCUT2D eigenvalue weighted by Gasteiger charge is 2.44. The molecule has 0 N–H and O–H groups in total. The molecule has 41 heavy (non-hydrogen) atoms. The van der Waals surface area contributed by atoms with E-state index in [2.05, 4.69) is 132 Å². The van der Waals surface area contributed by atoms with E-state index in [1.54, 1.807) is 0 Å². The van der Waals surface area contributed by atoms with Gasteiger partial charge in [0.25, 0.3) is 0 Å². The van der Waals surface area contributed by atoms with Crippen LogP contribution in [-0.4, -0.2) is 13.6 Å². The minimum atomic E-state index is 0.135. The quantitative estimate of drug-likeness (QED) is 0.211. The van der Waals surface area contributed by atoms with E-state index in [1.807, 2.05) is 23.5 Å². The SMILES string of the molecule is c1ccc2c(c1)Sc1cccc3c1B2c1cc2c(cc1S3)-c1ccccc1B1c3ccccc3-c3ccccc3N12. The molecule has 4 aliphatic rings. The maximum atomic E-state index is 2.63. The van der Waals surface area contributed by atoms with Gasteiger partial charge in [-0.3, -0.25) is 0 Å². The van der Waals surface area contributed by atoms with Gasteiger partial charge < -0.3 is 4.81 Å². The van der Waals surface area contributed by atoms with E-state index in [4.69, 9.17) is 0 Å². The predicted octanol–water partition coefficient (Wildman–Crippen LogP) is 6.04. The lowest BCUT2D eigenvalue weighted by Gasteiger charge is -2.44. The van der Waals surface area contributed by atoms with Crippen molar-refractivity contribution in [1.82, 2.24) is 0 Å². The zero-order valence-corrected chi connectivity index (χ0v) is 23.7. The average Bonchev–Trinajstić information content (AvgIpc) is 3.03. The number of benzene rings is 6. The number of rotatable bonds is 0. The molecule has 0 saturated carbocycles. The van der Waals surface area contributed by atoms with Crippen LogP contribution in [-0.2, 0) is 0 Å². The van der Waals surface area contributed by atoms with Crippen molar-refractivity contribution in [2.24, 2.45) is 0 Å². The first-order valence-corrected chi connectivity index (χ1v) is 15.8. The van der Waals surface area contributed by atoms with Crippen molar-refractivity contribution in [3.8, 4) is 22.3 Å². The summed E-state index contributed by atoms with van der Waals surface area (Å²) in [5, 5.41) is 0. The van der Waals surface area contributed by atoms with Gasteiger partial charge in [-0.15, -0.1) is 0 Å². The van der Waals surface area contributed by atoms with Crippen LogP contribution in [0.15, 0.2) is 147 Å². The van der Waals surface area contributed by atoms with E-state index in [-0.39, 0.29) is 13.6 Å². The smallest absolute Gasteiger partial charge is 0.329 e. The molecule has 0 atom stereocenters. The number of anilines is 2. The summed E-state index contributed by atoms with van der Waals surface area (Å²) in [6, 6.07) is 47.9. The van der Waals surface area contributed by atoms with Crippen LogP contribution in [0.3, 0.4) is 0 Å². The van der Waals surface area contributed by atoms with Crippen molar-refractivity contribution in [2.45, 2.75) is 19.6 Å². The molecule has 0 saturated heterocycles. The maximum Gasteiger partial charge on any atom is 0.329 e. The van der Waals surface area contributed by atoms with Crippen molar-refractivity contribution >= 4 is 75.8 Å². The summed E-state index contributed by atoms with van der Waals surface area (Å²) in [5.41, 5.74) is 15.0. The molecule has 0 radical (unpaired) electrons. The van der Waals surface area contributed by atoms with Gasteiger partial charge in [0.2, 0.25) is 6.71 Å². The standard InChI is InChI=1S/C36H21B2NS2/c1-4-13-26-22(10-1)24-12-3-7-16-30(24)39-31-21-29-35(20-25(31)23-11-2-5-14-27(23)38(26)39)41-34-19-9-18-33-36(34)37(29)28-15-6-8-17-32(28)40-33/h1-21H. The molecule has 0 spiro atoms. The van der Waals surface area contributed by atoms with Gasteiger partial charge in [0.05, 0.1) is 0 Å². The number of hydrogen-bond donors (Lipinski definition) is 0. The van der Waals surface area contributed by atoms with Crippen LogP contribution in [0.1, 0.15) is 0 Å². The van der Waals surface area contributed by atoms with Gasteiger partial charge in [0.15, 0.2) is 0 Å². The summed E-state index contributed by atoms with van der Waals surface area (Å²) in [7, 11) is 0. The summed E-state index contributed by atoms with van der Waals surface area (Å²) >= 11 is 3.86. The van der Waals surface area contributed by atoms with Crippen molar-refractivity contribution in [2.75, 3.05) is 4.81 Å². The van der Waals surface area contributed by atoms with Crippen LogP contribution in [0.2, 0.25) is 0 Å². The third-order valence-electron chi connectivity index (χ3n) is 9.20. The zero-order chi connectivity index (χ0) is 26.7. The van der Waals surface area contributed by atoms with Crippen molar-refractivity contribution in [3.63, 3.8) is 0 Å². The summed E-state index contributed by atoms with van der Waals surface area (Å²) in [6.45, 7) is 0.374. The van der Waals surface area contributed by atoms with Gasteiger partial charge in [-0.2, -0.15) is 0 Å². The Morgan fingerprint density at radius 2 is 1.00 bits per heavy atom. The molecular weight excluding hydrogens is 532 g/mol. The summed E-state index contributed by atoms with van der Waals surface area (Å²) < 4.78 is 0. The Hall–Kier alpha value is -4.05. The van der Waals surface area contributed by atoms with E-state index >= 15 is 0 Å². The van der Waals surface area contributed by atoms with Gasteiger partial charge >= 0.3 is 6.85 Å². The number of fused-ring (bicyclic) bond motifs is 15. The fourth-order valence-corrected chi connectivity index (χ4v) is 9.98. The molecule has 0 fully saturated rings. The van der Waals surface area contributed by atoms with Gasteiger partial charge in [-0.25, -0.2) is 0 Å². The molecule has 6 aromatic carbocycles. The Labute approximate surface area is 248 Å². The third-order valence-corrected chi connectivity index (χ3v) is 11.5. The Kier molecular flexibility index (Phi) is 4.55. The Balaban J connectivity index is 1.30. The largest absolute Gasteiger partial charge is 0.376 e. The molecule has 0 unspecified atom stereocenters. The first-order valence-electron chi connectivity index (χ1n) is 14.2. The Morgan fingerprint density at radius 1 is 0.415 bits per heavy atom. The van der Waals surface area contributed by atoms with E-state index in [0.29, 0.717) is 0 Å². The minimum absolute atomic E-state index is 0.135. The minimum Gasteiger partial charge on any atom is -0.376 e. The van der Waals surface area contributed by atoms with Gasteiger partial charge in [0, 0.05) is 42.1 Å². The average molecular weight is 553 g/mol. The van der Waals surface area contributed by atoms with Crippen LogP contribution < -0.4 is 32.1 Å². The fourth-order valence-electron chi connectivity index (χ4n) is 7.55. The Morgan fingerprint density at radius 3 is 1.78 bits per heavy atom. The molecule has 1 nitrogen and oxygen atoms in total. The lowest BCUT2D eigenvalue weighted by molar-refractivity contribution is 1.31. The second-order valence-corrected chi connectivity index (χ2v) is 13.4. The topological polar surface area (TPSA) is 3.24 Å². The van der Waals surface area contributed by atoms with Crippen molar-refractivity contribution in [1.29, 1.82) is 0 Å². The van der Waals surface area contributed by atoms with E-state index in [0.717, 1.165) is 0 Å². The van der Waals surface area contributed by atoms with E-state index in [1.165, 1.54) is 80.5 Å². The highest BCUT2D eigenvalue weighted by molar-refractivity contribution is 8.01. The molecule has 10 rings (SSSR count). The normalized spacial score (nSPS) is 14.5. The molecule has 4 aliphatic heterocycles. The monoisotopic (exact) mass is 553 g/mol. The second kappa shape index (κ2) is 8.25. The van der Waals surface area contributed by atoms with Gasteiger partial charge in [0.1, 0.15) is 0 Å². The molecule has 5 heteroatoms. The van der Waals surface area contributed by atoms with Crippen LogP contribution in [0, 0.1) is 0 Å². The molecule has 0 aliphatic carbocycles. The summed E-state index contributed by atoms with van der Waals surface area (Å²) in [5.74, 6) is 0. The maximum absolute atomic E-state index is 2.63. The molecule has 0 amide bonds. The predicted molar refractivity (Wildman–Crippen MR) is 177 cm³/mol. The van der Waals surface area contributed by atoms with E-state index < -0.39 is 0 Å². The number of hydrogen-bond acceptors (Lipinski definition) is 3. The first-order chi connectivity index (χ1) is 20.3. The van der Waals surface area contributed by atoms with E-state index in [9.17, 15) is 0 Å². The van der Waals surface area contributed by atoms with Crippen molar-refractivity contribution < 1.29 is 0 Å². The van der Waals surface area contributed by atoms with Crippen LogP contribution in [0.25, 0.3) is 22.3 Å². The number of nitrogens with zero attached hydrogens (tertiary/aromatic N) is 1. The molecule has 0 bridgehead atoms. The summed E-state index contributed by atoms with van der Waals surface area (Å²) in [4.78, 5) is 8.16. The van der Waals surface area contributed by atoms with Crippen LogP contribution in [0.5, 0.6) is 0 Å². The first kappa shape index (κ1) is 22.6. The second-order valence-electron chi connectivity index (χ2n) is 11.2. The van der Waals surface area contributed by atoms with Gasteiger partial charge in [-0.1, -0.05) is 125 Å². The fraction of sp³-hybridized carbons (Fsp3) is 0.